The van der Waals surface area contributed by atoms with Gasteiger partial charge in [-0.25, -0.2) is 14.4 Å². The molecular formula is C45H47N5O8. The molecule has 6 aromatic rings. The molecule has 1 saturated heterocycles. The molecular weight excluding hydrogens is 739 g/mol. The van der Waals surface area contributed by atoms with Gasteiger partial charge in [0.15, 0.2) is 6.61 Å². The number of nitrogens with zero attached hydrogens (tertiary/aromatic N) is 3. The fraction of sp³-hybridized carbons (Fsp3) is 0.289. The summed E-state index contributed by atoms with van der Waals surface area (Å²) in [6.45, 7) is 7.51. The van der Waals surface area contributed by atoms with E-state index < -0.39 is 36.4 Å². The molecule has 4 aromatic carbocycles. The van der Waals surface area contributed by atoms with Crippen LogP contribution in [-0.2, 0) is 38.6 Å². The Balaban J connectivity index is 1.03. The number of aromatic nitrogens is 1. The number of amides is 2. The first kappa shape index (κ1) is 39.8. The average Bonchev–Trinajstić information content (AvgIpc) is 3.82. The molecule has 1 unspecified atom stereocenters. The summed E-state index contributed by atoms with van der Waals surface area (Å²) in [5.74, 6) is -0.646. The van der Waals surface area contributed by atoms with Crippen LogP contribution in [0, 0.1) is 0 Å². The number of para-hydroxylation sites is 2. The summed E-state index contributed by atoms with van der Waals surface area (Å²) in [6, 6.07) is 32.7. The molecule has 2 atom stereocenters. The van der Waals surface area contributed by atoms with Crippen molar-refractivity contribution in [3.8, 4) is 0 Å². The van der Waals surface area contributed by atoms with Crippen LogP contribution in [-0.4, -0.2) is 84.0 Å². The van der Waals surface area contributed by atoms with Crippen LogP contribution in [0.5, 0.6) is 0 Å². The molecule has 7 rings (SSSR count). The molecule has 0 aliphatic carbocycles. The van der Waals surface area contributed by atoms with E-state index in [1.54, 1.807) is 43.5 Å². The number of esters is 1. The van der Waals surface area contributed by atoms with Crippen molar-refractivity contribution in [2.24, 2.45) is 0 Å². The minimum absolute atomic E-state index is 0.0271. The molecule has 2 aromatic heterocycles. The highest BCUT2D eigenvalue weighted by Crippen LogP contribution is 2.27. The van der Waals surface area contributed by atoms with Crippen LogP contribution >= 0.6 is 0 Å². The Kier molecular flexibility index (Phi) is 12.2. The molecule has 2 N–H and O–H groups in total. The summed E-state index contributed by atoms with van der Waals surface area (Å²) in [5.41, 5.74) is 2.50. The van der Waals surface area contributed by atoms with Crippen LogP contribution in [0.15, 0.2) is 120 Å². The first-order valence-electron chi connectivity index (χ1n) is 19.3. The lowest BCUT2D eigenvalue weighted by molar-refractivity contribution is -0.127. The molecule has 0 saturated carbocycles. The van der Waals surface area contributed by atoms with E-state index in [4.69, 9.17) is 18.6 Å². The molecule has 1 aliphatic rings. The van der Waals surface area contributed by atoms with Crippen LogP contribution < -0.4 is 10.6 Å². The predicted molar refractivity (Wildman–Crippen MR) is 218 cm³/mol. The van der Waals surface area contributed by atoms with Crippen molar-refractivity contribution in [1.82, 2.24) is 25.0 Å². The van der Waals surface area contributed by atoms with Crippen LogP contribution in [0.2, 0.25) is 0 Å². The lowest BCUT2D eigenvalue weighted by Gasteiger charge is -2.32. The second-order valence-corrected chi connectivity index (χ2v) is 14.8. The molecule has 0 bridgehead atoms. The van der Waals surface area contributed by atoms with E-state index in [0.717, 1.165) is 49.2 Å². The molecule has 0 radical (unpaired) electrons. The molecule has 58 heavy (non-hydrogen) atoms. The predicted octanol–water partition coefficient (Wildman–Crippen LogP) is 7.04. The number of furan rings is 1. The van der Waals surface area contributed by atoms with Crippen molar-refractivity contribution < 1.29 is 37.8 Å². The van der Waals surface area contributed by atoms with E-state index in [0.29, 0.717) is 33.4 Å². The van der Waals surface area contributed by atoms with Crippen molar-refractivity contribution in [3.63, 3.8) is 0 Å². The van der Waals surface area contributed by atoms with Gasteiger partial charge in [-0.2, -0.15) is 0 Å². The van der Waals surface area contributed by atoms with Gasteiger partial charge in [-0.05, 0) is 67.9 Å². The molecule has 13 heteroatoms. The summed E-state index contributed by atoms with van der Waals surface area (Å²) in [4.78, 5) is 58.5. The topological polar surface area (TPSA) is 145 Å². The van der Waals surface area contributed by atoms with Crippen molar-refractivity contribution in [2.75, 3.05) is 40.0 Å². The van der Waals surface area contributed by atoms with Crippen molar-refractivity contribution in [3.05, 3.63) is 143 Å². The summed E-state index contributed by atoms with van der Waals surface area (Å²) >= 11 is 0. The Bertz CT molecular complexity index is 2350. The zero-order chi connectivity index (χ0) is 40.6. The summed E-state index contributed by atoms with van der Waals surface area (Å²) < 4.78 is 23.4. The maximum Gasteiger partial charge on any atom is 0.421 e. The van der Waals surface area contributed by atoms with E-state index >= 15 is 0 Å². The van der Waals surface area contributed by atoms with Gasteiger partial charge in [-0.3, -0.25) is 14.3 Å². The number of hydrogen-bond donors (Lipinski definition) is 2. The maximum atomic E-state index is 14.1. The lowest BCUT2D eigenvalue weighted by atomic mass is 9.91. The largest absolute Gasteiger partial charge is 0.457 e. The van der Waals surface area contributed by atoms with Crippen LogP contribution in [0.4, 0.5) is 9.59 Å². The SMILES string of the molecule is C[C@H](NC(=O)C(C)(Cc1cn(C(=O)OCOC(=O)c2ccc(CN3CCN(C)CC3)cc2)c2ccccc12)NC(=O)OCc1cc2ccccc2o1)c1ccccc1. The highest BCUT2D eigenvalue weighted by atomic mass is 16.7. The number of benzene rings is 4. The zero-order valence-corrected chi connectivity index (χ0v) is 32.8. The number of alkyl carbamates (subject to hydrolysis) is 1. The third kappa shape index (κ3) is 9.56. The van der Waals surface area contributed by atoms with Crippen molar-refractivity contribution in [2.45, 2.75) is 45.0 Å². The highest BCUT2D eigenvalue weighted by molar-refractivity contribution is 5.95. The standard InChI is InChI=1S/C45H47N5O8/c1-31(33-11-5-4-6-12-33)46-42(52)45(2,47-43(53)55-29-37-25-35-13-7-10-16-40(35)58-37)26-36-28-50(39-15-9-8-14-38(36)39)44(54)57-30-56-41(51)34-19-17-32(18-20-34)27-49-23-21-48(3)22-24-49/h4-20,25,28,31H,21-24,26-27,29-30H2,1-3H3,(H,46,52)(H,47,53)/t31-,45?/m0/s1. The van der Waals surface area contributed by atoms with Gasteiger partial charge >= 0.3 is 18.2 Å². The maximum absolute atomic E-state index is 14.1. The monoisotopic (exact) mass is 785 g/mol. The Labute approximate surface area is 336 Å². The van der Waals surface area contributed by atoms with E-state index in [2.05, 4.69) is 27.5 Å². The van der Waals surface area contributed by atoms with Gasteiger partial charge in [0, 0.05) is 56.1 Å². The number of hydrogen-bond acceptors (Lipinski definition) is 10. The Morgan fingerprint density at radius 1 is 0.828 bits per heavy atom. The van der Waals surface area contributed by atoms with Gasteiger partial charge in [-0.15, -0.1) is 0 Å². The molecule has 0 spiro atoms. The molecule has 300 valence electrons. The van der Waals surface area contributed by atoms with Gasteiger partial charge in [0.1, 0.15) is 16.9 Å². The van der Waals surface area contributed by atoms with Crippen LogP contribution in [0.1, 0.15) is 52.7 Å². The third-order valence-electron chi connectivity index (χ3n) is 10.4. The van der Waals surface area contributed by atoms with E-state index in [1.807, 2.05) is 85.8 Å². The smallest absolute Gasteiger partial charge is 0.421 e. The van der Waals surface area contributed by atoms with Crippen LogP contribution in [0.3, 0.4) is 0 Å². The number of carbonyl (C=O) groups is 4. The van der Waals surface area contributed by atoms with E-state index in [-0.39, 0.29) is 19.1 Å². The van der Waals surface area contributed by atoms with Crippen molar-refractivity contribution >= 4 is 45.9 Å². The number of piperazine rings is 1. The van der Waals surface area contributed by atoms with E-state index in [1.165, 1.54) is 4.57 Å². The quantitative estimate of drug-likeness (QED) is 0.0925. The molecule has 1 aliphatic heterocycles. The molecule has 13 nitrogen and oxygen atoms in total. The Morgan fingerprint density at radius 3 is 2.29 bits per heavy atom. The zero-order valence-electron chi connectivity index (χ0n) is 32.8. The Hall–Kier alpha value is -6.44. The normalized spacial score (nSPS) is 15.0. The number of fused-ring (bicyclic) bond motifs is 2. The second-order valence-electron chi connectivity index (χ2n) is 14.8. The van der Waals surface area contributed by atoms with E-state index in [9.17, 15) is 19.2 Å². The number of rotatable bonds is 13. The summed E-state index contributed by atoms with van der Waals surface area (Å²) in [5, 5.41) is 7.34. The molecule has 2 amide bonds. The first-order chi connectivity index (χ1) is 28.0. The summed E-state index contributed by atoms with van der Waals surface area (Å²) in [7, 11) is 2.12. The second kappa shape index (κ2) is 17.8. The lowest BCUT2D eigenvalue weighted by Crippen LogP contribution is -2.58. The van der Waals surface area contributed by atoms with Crippen LogP contribution in [0.25, 0.3) is 21.9 Å². The molecule has 3 heterocycles. The molecule has 1 fully saturated rings. The third-order valence-corrected chi connectivity index (χ3v) is 10.4. The van der Waals surface area contributed by atoms with Gasteiger partial charge in [0.05, 0.1) is 17.1 Å². The van der Waals surface area contributed by atoms with Gasteiger partial charge < -0.3 is 34.2 Å². The number of nitrogens with one attached hydrogen (secondary N) is 2. The first-order valence-corrected chi connectivity index (χ1v) is 19.3. The number of carbonyl (C=O) groups excluding carboxylic acids is 4. The van der Waals surface area contributed by atoms with Gasteiger partial charge in [0.25, 0.3) is 0 Å². The fourth-order valence-electron chi connectivity index (χ4n) is 7.09. The number of likely N-dealkylation sites (N-methyl/N-ethyl adjacent to an activating group) is 1. The highest BCUT2D eigenvalue weighted by Gasteiger charge is 2.38. The number of ether oxygens (including phenoxy) is 3. The fourth-order valence-corrected chi connectivity index (χ4v) is 7.09. The average molecular weight is 786 g/mol. The minimum atomic E-state index is -1.55. The summed E-state index contributed by atoms with van der Waals surface area (Å²) in [6.07, 6.45) is -0.0951. The van der Waals surface area contributed by atoms with Crippen molar-refractivity contribution in [1.29, 1.82) is 0 Å². The van der Waals surface area contributed by atoms with Gasteiger partial charge in [-0.1, -0.05) is 78.9 Å². The Morgan fingerprint density at radius 2 is 1.53 bits per heavy atom. The van der Waals surface area contributed by atoms with Gasteiger partial charge in [0.2, 0.25) is 12.7 Å². The minimum Gasteiger partial charge on any atom is -0.457 e.